The van der Waals surface area contributed by atoms with Crippen molar-refractivity contribution in [1.29, 1.82) is 0 Å². The number of nitrogens with one attached hydrogen (secondary N) is 1. The number of alkyl halides is 3. The lowest BCUT2D eigenvalue weighted by Crippen LogP contribution is -2.41. The Morgan fingerprint density at radius 2 is 1.70 bits per heavy atom. The van der Waals surface area contributed by atoms with Gasteiger partial charge in [-0.1, -0.05) is 29.8 Å². The fourth-order valence-electron chi connectivity index (χ4n) is 2.98. The van der Waals surface area contributed by atoms with Gasteiger partial charge in [0.15, 0.2) is 0 Å². The quantitative estimate of drug-likeness (QED) is 0.694. The van der Waals surface area contributed by atoms with Crippen molar-refractivity contribution < 1.29 is 27.3 Å². The Labute approximate surface area is 178 Å². The Hall–Kier alpha value is -2.03. The molecule has 0 spiro atoms. The molecule has 2 aromatic carbocycles. The molecular formula is C21H22BClF3NO3. The Kier molecular flexibility index (Phi) is 5.97. The predicted molar refractivity (Wildman–Crippen MR) is 111 cm³/mol. The number of rotatable bonds is 4. The first-order valence-corrected chi connectivity index (χ1v) is 9.77. The van der Waals surface area contributed by atoms with E-state index in [0.717, 1.165) is 17.6 Å². The minimum atomic E-state index is -4.48. The summed E-state index contributed by atoms with van der Waals surface area (Å²) >= 11 is 6.34. The van der Waals surface area contributed by atoms with Crippen molar-refractivity contribution in [3.05, 3.63) is 58.6 Å². The summed E-state index contributed by atoms with van der Waals surface area (Å²) in [5.41, 5.74) is -0.478. The van der Waals surface area contributed by atoms with E-state index >= 15 is 0 Å². The number of benzene rings is 2. The van der Waals surface area contributed by atoms with Gasteiger partial charge in [0.05, 0.1) is 23.2 Å². The van der Waals surface area contributed by atoms with Gasteiger partial charge < -0.3 is 14.6 Å². The van der Waals surface area contributed by atoms with E-state index in [9.17, 15) is 18.0 Å². The second kappa shape index (κ2) is 7.91. The Morgan fingerprint density at radius 3 is 2.27 bits per heavy atom. The minimum absolute atomic E-state index is 0.0692. The van der Waals surface area contributed by atoms with Gasteiger partial charge in [-0.25, -0.2) is 0 Å². The number of carbonyl (C=O) groups is 1. The fraction of sp³-hybridized carbons (Fsp3) is 0.381. The SMILES string of the molecule is CC1(C)OB(c2ccc(CC(=O)Nc3cccc(C(F)(F)F)c3)c(Cl)c2)OC1(C)C. The van der Waals surface area contributed by atoms with Crippen LogP contribution in [0.4, 0.5) is 18.9 Å². The maximum Gasteiger partial charge on any atom is 0.494 e. The van der Waals surface area contributed by atoms with E-state index < -0.39 is 36.0 Å². The highest BCUT2D eigenvalue weighted by molar-refractivity contribution is 6.62. The normalized spacial score (nSPS) is 17.8. The second-order valence-corrected chi connectivity index (χ2v) is 8.65. The smallest absolute Gasteiger partial charge is 0.399 e. The molecule has 160 valence electrons. The lowest BCUT2D eigenvalue weighted by atomic mass is 9.78. The molecule has 0 bridgehead atoms. The monoisotopic (exact) mass is 439 g/mol. The van der Waals surface area contributed by atoms with Crippen LogP contribution in [0.25, 0.3) is 0 Å². The lowest BCUT2D eigenvalue weighted by molar-refractivity contribution is -0.137. The molecule has 1 amide bonds. The topological polar surface area (TPSA) is 47.6 Å². The highest BCUT2D eigenvalue weighted by Crippen LogP contribution is 2.36. The number of anilines is 1. The zero-order valence-electron chi connectivity index (χ0n) is 17.1. The molecule has 9 heteroatoms. The standard InChI is InChI=1S/C21H22BClF3NO3/c1-19(2)20(3,4)30-22(29-19)15-9-8-13(17(23)12-15)10-18(28)27-16-7-5-6-14(11-16)21(24,25)26/h5-9,11-12H,10H2,1-4H3,(H,27,28). The molecule has 0 saturated carbocycles. The van der Waals surface area contributed by atoms with E-state index in [-0.39, 0.29) is 12.1 Å². The van der Waals surface area contributed by atoms with E-state index in [1.54, 1.807) is 18.2 Å². The summed E-state index contributed by atoms with van der Waals surface area (Å²) in [5, 5.41) is 2.82. The molecule has 0 atom stereocenters. The van der Waals surface area contributed by atoms with Gasteiger partial charge in [-0.05, 0) is 63.0 Å². The van der Waals surface area contributed by atoms with Crippen molar-refractivity contribution in [2.24, 2.45) is 0 Å². The van der Waals surface area contributed by atoms with E-state index in [4.69, 9.17) is 20.9 Å². The fourth-order valence-corrected chi connectivity index (χ4v) is 3.24. The second-order valence-electron chi connectivity index (χ2n) is 8.24. The molecule has 0 aromatic heterocycles. The molecular weight excluding hydrogens is 417 g/mol. The Balaban J connectivity index is 1.69. The number of halogens is 4. The zero-order chi connectivity index (χ0) is 22.3. The summed E-state index contributed by atoms with van der Waals surface area (Å²) in [6, 6.07) is 9.61. The molecule has 30 heavy (non-hydrogen) atoms. The third-order valence-corrected chi connectivity index (χ3v) is 5.78. The largest absolute Gasteiger partial charge is 0.494 e. The van der Waals surface area contributed by atoms with Crippen LogP contribution in [-0.2, 0) is 26.7 Å². The minimum Gasteiger partial charge on any atom is -0.399 e. The van der Waals surface area contributed by atoms with Crippen LogP contribution in [0.5, 0.6) is 0 Å². The van der Waals surface area contributed by atoms with Crippen LogP contribution >= 0.6 is 11.6 Å². The highest BCUT2D eigenvalue weighted by atomic mass is 35.5. The average molecular weight is 440 g/mol. The van der Waals surface area contributed by atoms with E-state index in [2.05, 4.69) is 5.32 Å². The summed E-state index contributed by atoms with van der Waals surface area (Å²) in [6.45, 7) is 7.78. The highest BCUT2D eigenvalue weighted by Gasteiger charge is 2.51. The van der Waals surface area contributed by atoms with E-state index in [1.165, 1.54) is 12.1 Å². The maximum atomic E-state index is 12.8. The Bertz CT molecular complexity index is 947. The summed E-state index contributed by atoms with van der Waals surface area (Å²) in [4.78, 5) is 12.3. The average Bonchev–Trinajstić information content (AvgIpc) is 2.84. The summed E-state index contributed by atoms with van der Waals surface area (Å²) < 4.78 is 50.4. The van der Waals surface area contributed by atoms with Crippen molar-refractivity contribution in [2.45, 2.75) is 51.5 Å². The molecule has 1 saturated heterocycles. The van der Waals surface area contributed by atoms with Crippen LogP contribution in [0, 0.1) is 0 Å². The van der Waals surface area contributed by atoms with Crippen LogP contribution in [0.15, 0.2) is 42.5 Å². The summed E-state index contributed by atoms with van der Waals surface area (Å²) in [5.74, 6) is -0.473. The molecule has 0 unspecified atom stereocenters. The van der Waals surface area contributed by atoms with Gasteiger partial charge in [0, 0.05) is 10.7 Å². The molecule has 1 aliphatic heterocycles. The first-order valence-electron chi connectivity index (χ1n) is 9.39. The van der Waals surface area contributed by atoms with Crippen LogP contribution in [0.2, 0.25) is 5.02 Å². The van der Waals surface area contributed by atoms with Gasteiger partial charge in [0.2, 0.25) is 5.91 Å². The molecule has 1 fully saturated rings. The number of carbonyl (C=O) groups excluding carboxylic acids is 1. The molecule has 1 aliphatic rings. The van der Waals surface area contributed by atoms with Crippen molar-refractivity contribution in [3.63, 3.8) is 0 Å². The lowest BCUT2D eigenvalue weighted by Gasteiger charge is -2.32. The number of amides is 1. The van der Waals surface area contributed by atoms with Crippen LogP contribution < -0.4 is 10.8 Å². The molecule has 0 aliphatic carbocycles. The zero-order valence-corrected chi connectivity index (χ0v) is 17.8. The van der Waals surface area contributed by atoms with Gasteiger partial charge in [0.1, 0.15) is 0 Å². The van der Waals surface area contributed by atoms with Gasteiger partial charge in [-0.2, -0.15) is 13.2 Å². The summed E-state index contributed by atoms with van der Waals surface area (Å²) in [7, 11) is -0.583. The third kappa shape index (κ3) is 4.82. The molecule has 1 N–H and O–H groups in total. The first-order chi connectivity index (χ1) is 13.8. The number of hydrogen-bond donors (Lipinski definition) is 1. The van der Waals surface area contributed by atoms with Gasteiger partial charge in [-0.3, -0.25) is 4.79 Å². The van der Waals surface area contributed by atoms with Crippen molar-refractivity contribution in [1.82, 2.24) is 0 Å². The van der Waals surface area contributed by atoms with Crippen molar-refractivity contribution in [3.8, 4) is 0 Å². The third-order valence-electron chi connectivity index (χ3n) is 5.43. The van der Waals surface area contributed by atoms with Gasteiger partial charge in [0.25, 0.3) is 0 Å². The number of hydrogen-bond acceptors (Lipinski definition) is 3. The maximum absolute atomic E-state index is 12.8. The van der Waals surface area contributed by atoms with E-state index in [0.29, 0.717) is 10.6 Å². The van der Waals surface area contributed by atoms with Crippen LogP contribution in [-0.4, -0.2) is 24.2 Å². The predicted octanol–water partition coefficient (Wildman–Crippen LogP) is 4.84. The molecule has 3 rings (SSSR count). The van der Waals surface area contributed by atoms with Gasteiger partial charge in [-0.15, -0.1) is 0 Å². The Morgan fingerprint density at radius 1 is 1.07 bits per heavy atom. The molecule has 1 heterocycles. The summed E-state index contributed by atoms with van der Waals surface area (Å²) in [6.07, 6.45) is -4.56. The van der Waals surface area contributed by atoms with Crippen molar-refractivity contribution in [2.75, 3.05) is 5.32 Å². The van der Waals surface area contributed by atoms with Crippen LogP contribution in [0.1, 0.15) is 38.8 Å². The first kappa shape index (κ1) is 22.7. The van der Waals surface area contributed by atoms with Gasteiger partial charge >= 0.3 is 13.3 Å². The molecule has 4 nitrogen and oxygen atoms in total. The van der Waals surface area contributed by atoms with Crippen molar-refractivity contribution >= 4 is 35.8 Å². The van der Waals surface area contributed by atoms with Crippen LogP contribution in [0.3, 0.4) is 0 Å². The molecule has 2 aromatic rings. The van der Waals surface area contributed by atoms with E-state index in [1.807, 2.05) is 27.7 Å². The molecule has 0 radical (unpaired) electrons.